The van der Waals surface area contributed by atoms with E-state index in [1.54, 1.807) is 0 Å². The molecular weight excluding hydrogens is 244 g/mol. The monoisotopic (exact) mass is 266 g/mol. The van der Waals surface area contributed by atoms with Gasteiger partial charge in [0.05, 0.1) is 18.6 Å². The molecule has 1 unspecified atom stereocenters. The van der Waals surface area contributed by atoms with Gasteiger partial charge >= 0.3 is 0 Å². The zero-order valence-electron chi connectivity index (χ0n) is 11.8. The first-order chi connectivity index (χ1) is 8.50. The average molecular weight is 267 g/mol. The zero-order valence-corrected chi connectivity index (χ0v) is 12.6. The molecule has 1 atom stereocenters. The van der Waals surface area contributed by atoms with E-state index in [0.717, 1.165) is 13.0 Å². The van der Waals surface area contributed by atoms with Gasteiger partial charge in [-0.3, -0.25) is 0 Å². The van der Waals surface area contributed by atoms with Crippen LogP contribution in [0.3, 0.4) is 0 Å². The van der Waals surface area contributed by atoms with Crippen molar-refractivity contribution in [1.29, 1.82) is 0 Å². The second kappa shape index (κ2) is 5.63. The Hall–Kier alpha value is -0.530. The second-order valence-corrected chi connectivity index (χ2v) is 6.31. The van der Waals surface area contributed by atoms with E-state index in [-0.39, 0.29) is 5.38 Å². The standard InChI is InChI=1S/C16H23ClO/c1-10(2)12-7-14(11(3)4)13-5-6-18-9-16(17)15(13)8-12/h7-8,10-11,16H,5-6,9H2,1-4H3. The lowest BCUT2D eigenvalue weighted by Crippen LogP contribution is -2.06. The Kier molecular flexibility index (Phi) is 4.34. The third kappa shape index (κ3) is 2.73. The van der Waals surface area contributed by atoms with Crippen molar-refractivity contribution in [2.45, 2.75) is 51.3 Å². The molecular formula is C16H23ClO. The summed E-state index contributed by atoms with van der Waals surface area (Å²) in [6.45, 7) is 10.4. The Morgan fingerprint density at radius 2 is 1.89 bits per heavy atom. The highest BCUT2D eigenvalue weighted by Gasteiger charge is 2.22. The molecule has 0 saturated heterocycles. The van der Waals surface area contributed by atoms with Crippen molar-refractivity contribution in [3.8, 4) is 0 Å². The van der Waals surface area contributed by atoms with E-state index in [0.29, 0.717) is 18.4 Å². The number of hydrogen-bond donors (Lipinski definition) is 0. The largest absolute Gasteiger partial charge is 0.379 e. The van der Waals surface area contributed by atoms with E-state index < -0.39 is 0 Å². The van der Waals surface area contributed by atoms with Crippen molar-refractivity contribution in [2.75, 3.05) is 13.2 Å². The van der Waals surface area contributed by atoms with Gasteiger partial charge in [0.2, 0.25) is 0 Å². The average Bonchev–Trinajstić information content (AvgIpc) is 2.50. The molecule has 0 radical (unpaired) electrons. The van der Waals surface area contributed by atoms with Gasteiger partial charge in [-0.05, 0) is 40.5 Å². The van der Waals surface area contributed by atoms with Gasteiger partial charge in [0.25, 0.3) is 0 Å². The minimum Gasteiger partial charge on any atom is -0.379 e. The lowest BCUT2D eigenvalue weighted by molar-refractivity contribution is 0.143. The van der Waals surface area contributed by atoms with Crippen LogP contribution in [0.25, 0.3) is 0 Å². The normalized spacial score (nSPS) is 20.1. The molecule has 18 heavy (non-hydrogen) atoms. The summed E-state index contributed by atoms with van der Waals surface area (Å²) in [4.78, 5) is 0. The fraction of sp³-hybridized carbons (Fsp3) is 0.625. The van der Waals surface area contributed by atoms with E-state index in [2.05, 4.69) is 39.8 Å². The van der Waals surface area contributed by atoms with Gasteiger partial charge < -0.3 is 4.74 Å². The smallest absolute Gasteiger partial charge is 0.0821 e. The highest BCUT2D eigenvalue weighted by molar-refractivity contribution is 6.21. The maximum atomic E-state index is 6.48. The first-order valence-corrected chi connectivity index (χ1v) is 7.32. The van der Waals surface area contributed by atoms with Crippen molar-refractivity contribution in [3.05, 3.63) is 34.4 Å². The summed E-state index contributed by atoms with van der Waals surface area (Å²) in [5.41, 5.74) is 5.56. The number of fused-ring (bicyclic) bond motifs is 1. The molecule has 0 spiro atoms. The molecule has 0 bridgehead atoms. The second-order valence-electron chi connectivity index (χ2n) is 5.78. The Balaban J connectivity index is 2.58. The molecule has 0 N–H and O–H groups in total. The Labute approximate surface area is 115 Å². The number of rotatable bonds is 2. The highest BCUT2D eigenvalue weighted by Crippen LogP contribution is 2.35. The first-order valence-electron chi connectivity index (χ1n) is 6.89. The van der Waals surface area contributed by atoms with Crippen molar-refractivity contribution >= 4 is 11.6 Å². The van der Waals surface area contributed by atoms with Crippen molar-refractivity contribution in [1.82, 2.24) is 0 Å². The molecule has 1 nitrogen and oxygen atoms in total. The number of alkyl halides is 1. The van der Waals surface area contributed by atoms with Gasteiger partial charge in [-0.15, -0.1) is 11.6 Å². The Morgan fingerprint density at radius 1 is 1.17 bits per heavy atom. The van der Waals surface area contributed by atoms with Gasteiger partial charge in [-0.1, -0.05) is 39.8 Å². The molecule has 0 saturated carbocycles. The van der Waals surface area contributed by atoms with Gasteiger partial charge in [0, 0.05) is 0 Å². The molecule has 1 aliphatic rings. The minimum absolute atomic E-state index is 0.00120. The van der Waals surface area contributed by atoms with E-state index in [4.69, 9.17) is 16.3 Å². The molecule has 0 aromatic heterocycles. The van der Waals surface area contributed by atoms with Gasteiger partial charge in [-0.25, -0.2) is 0 Å². The summed E-state index contributed by atoms with van der Waals surface area (Å²) >= 11 is 6.48. The third-order valence-electron chi connectivity index (χ3n) is 3.73. The lowest BCUT2D eigenvalue weighted by Gasteiger charge is -2.20. The predicted octanol–water partition coefficient (Wildman–Crippen LogP) is 4.79. The zero-order chi connectivity index (χ0) is 13.3. The van der Waals surface area contributed by atoms with Crippen LogP contribution in [0.4, 0.5) is 0 Å². The summed E-state index contributed by atoms with van der Waals surface area (Å²) in [5, 5.41) is -0.00120. The maximum Gasteiger partial charge on any atom is 0.0821 e. The lowest BCUT2D eigenvalue weighted by atomic mass is 9.86. The van der Waals surface area contributed by atoms with Crippen LogP contribution >= 0.6 is 11.6 Å². The number of hydrogen-bond acceptors (Lipinski definition) is 1. The van der Waals surface area contributed by atoms with Gasteiger partial charge in [0.1, 0.15) is 0 Å². The summed E-state index contributed by atoms with van der Waals surface area (Å²) in [5.74, 6) is 1.08. The predicted molar refractivity (Wildman–Crippen MR) is 77.7 cm³/mol. The molecule has 0 amide bonds. The summed E-state index contributed by atoms with van der Waals surface area (Å²) in [7, 11) is 0. The Morgan fingerprint density at radius 3 is 2.50 bits per heavy atom. The molecule has 1 aromatic carbocycles. The van der Waals surface area contributed by atoms with E-state index in [1.165, 1.54) is 22.3 Å². The van der Waals surface area contributed by atoms with E-state index in [9.17, 15) is 0 Å². The minimum atomic E-state index is -0.00120. The summed E-state index contributed by atoms with van der Waals surface area (Å²) in [6.07, 6.45) is 0.991. The van der Waals surface area contributed by atoms with Crippen LogP contribution in [-0.4, -0.2) is 13.2 Å². The van der Waals surface area contributed by atoms with Crippen molar-refractivity contribution < 1.29 is 4.74 Å². The van der Waals surface area contributed by atoms with Crippen LogP contribution in [-0.2, 0) is 11.2 Å². The maximum absolute atomic E-state index is 6.48. The molecule has 1 aromatic rings. The fourth-order valence-electron chi connectivity index (χ4n) is 2.61. The fourth-order valence-corrected chi connectivity index (χ4v) is 2.89. The van der Waals surface area contributed by atoms with Crippen LogP contribution in [0.1, 0.15) is 67.2 Å². The van der Waals surface area contributed by atoms with Crippen molar-refractivity contribution in [2.24, 2.45) is 0 Å². The third-order valence-corrected chi connectivity index (χ3v) is 4.09. The molecule has 0 aliphatic carbocycles. The quantitative estimate of drug-likeness (QED) is 0.700. The van der Waals surface area contributed by atoms with Gasteiger partial charge in [0.15, 0.2) is 0 Å². The summed E-state index contributed by atoms with van der Waals surface area (Å²) < 4.78 is 5.59. The SMILES string of the molecule is CC(C)c1cc(C(C)C)c2c(c1)C(Cl)COCC2. The Bertz CT molecular complexity index is 423. The molecule has 2 heteroatoms. The molecule has 1 aliphatic heterocycles. The number of halogens is 1. The highest BCUT2D eigenvalue weighted by atomic mass is 35.5. The van der Waals surface area contributed by atoms with Crippen LogP contribution in [0.5, 0.6) is 0 Å². The molecule has 2 rings (SSSR count). The molecule has 1 heterocycles. The van der Waals surface area contributed by atoms with E-state index in [1.807, 2.05) is 0 Å². The van der Waals surface area contributed by atoms with Crippen LogP contribution < -0.4 is 0 Å². The van der Waals surface area contributed by atoms with E-state index >= 15 is 0 Å². The number of benzene rings is 1. The van der Waals surface area contributed by atoms with Crippen LogP contribution in [0, 0.1) is 0 Å². The van der Waals surface area contributed by atoms with Crippen molar-refractivity contribution in [3.63, 3.8) is 0 Å². The summed E-state index contributed by atoms with van der Waals surface area (Å²) in [6, 6.07) is 4.65. The number of ether oxygens (including phenoxy) is 1. The van der Waals surface area contributed by atoms with Gasteiger partial charge in [-0.2, -0.15) is 0 Å². The first kappa shape index (κ1) is 13.9. The van der Waals surface area contributed by atoms with Crippen LogP contribution in [0.15, 0.2) is 12.1 Å². The topological polar surface area (TPSA) is 9.23 Å². The molecule has 0 fully saturated rings. The molecule has 100 valence electrons. The van der Waals surface area contributed by atoms with Crippen LogP contribution in [0.2, 0.25) is 0 Å².